The lowest BCUT2D eigenvalue weighted by atomic mass is 9.98. The predicted octanol–water partition coefficient (Wildman–Crippen LogP) is 3.70. The minimum Gasteiger partial charge on any atom is -0.338 e. The topological polar surface area (TPSA) is 46.3 Å². The quantitative estimate of drug-likeness (QED) is 0.891. The Bertz CT molecular complexity index is 749. The smallest absolute Gasteiger partial charge is 0.254 e. The maximum absolute atomic E-state index is 13.1. The van der Waals surface area contributed by atoms with Crippen molar-refractivity contribution in [3.63, 3.8) is 0 Å². The largest absolute Gasteiger partial charge is 0.338 e. The van der Waals surface area contributed by atoms with Gasteiger partial charge in [-0.15, -0.1) is 12.4 Å². The van der Waals surface area contributed by atoms with Crippen LogP contribution >= 0.6 is 12.4 Å². The van der Waals surface area contributed by atoms with Gasteiger partial charge in [0.15, 0.2) is 0 Å². The van der Waals surface area contributed by atoms with E-state index in [9.17, 15) is 4.79 Å². The fraction of sp³-hybridized carbons (Fsp3) is 0.409. The van der Waals surface area contributed by atoms with E-state index < -0.39 is 0 Å². The normalized spacial score (nSPS) is 24.2. The number of aryl methyl sites for hydroxylation is 2. The second kappa shape index (κ2) is 8.24. The number of fused-ring (bicyclic) bond motifs is 1. The molecule has 0 bridgehead atoms. The van der Waals surface area contributed by atoms with Crippen LogP contribution in [0.5, 0.6) is 0 Å². The van der Waals surface area contributed by atoms with E-state index in [1.807, 2.05) is 29.2 Å². The van der Waals surface area contributed by atoms with Crippen LogP contribution in [0.15, 0.2) is 54.6 Å². The number of rotatable bonds is 4. The van der Waals surface area contributed by atoms with Crippen molar-refractivity contribution in [1.29, 1.82) is 0 Å². The highest BCUT2D eigenvalue weighted by Crippen LogP contribution is 2.37. The maximum atomic E-state index is 13.1. The van der Waals surface area contributed by atoms with Crippen molar-refractivity contribution in [2.45, 2.75) is 31.7 Å². The van der Waals surface area contributed by atoms with Crippen molar-refractivity contribution in [3.05, 3.63) is 71.3 Å². The summed E-state index contributed by atoms with van der Waals surface area (Å²) in [6.07, 6.45) is 4.14. The van der Waals surface area contributed by atoms with Gasteiger partial charge in [0, 0.05) is 24.7 Å². The first kappa shape index (κ1) is 18.9. The molecule has 1 saturated carbocycles. The zero-order valence-corrected chi connectivity index (χ0v) is 15.8. The molecule has 2 fully saturated rings. The first-order valence-electron chi connectivity index (χ1n) is 9.39. The Balaban J connectivity index is 0.00000196. The molecule has 3 unspecified atom stereocenters. The summed E-state index contributed by atoms with van der Waals surface area (Å²) < 4.78 is 0. The molecule has 1 saturated heterocycles. The van der Waals surface area contributed by atoms with Gasteiger partial charge in [0.2, 0.25) is 0 Å². The van der Waals surface area contributed by atoms with Gasteiger partial charge in [-0.25, -0.2) is 0 Å². The van der Waals surface area contributed by atoms with Crippen LogP contribution in [-0.4, -0.2) is 29.9 Å². The van der Waals surface area contributed by atoms with Crippen LogP contribution in [0, 0.1) is 11.8 Å². The summed E-state index contributed by atoms with van der Waals surface area (Å²) in [5, 5.41) is 0. The molecule has 1 heterocycles. The highest BCUT2D eigenvalue weighted by atomic mass is 35.5. The van der Waals surface area contributed by atoms with E-state index in [1.165, 1.54) is 12.0 Å². The second-order valence-electron chi connectivity index (χ2n) is 7.52. The van der Waals surface area contributed by atoms with Crippen molar-refractivity contribution in [1.82, 2.24) is 4.90 Å². The Hall–Kier alpha value is -1.84. The van der Waals surface area contributed by atoms with Crippen LogP contribution in [0.1, 0.15) is 34.3 Å². The molecule has 4 heteroatoms. The highest BCUT2D eigenvalue weighted by molar-refractivity contribution is 5.96. The third kappa shape index (κ3) is 3.79. The van der Waals surface area contributed by atoms with E-state index in [4.69, 9.17) is 5.73 Å². The summed E-state index contributed by atoms with van der Waals surface area (Å²) in [6, 6.07) is 18.8. The van der Waals surface area contributed by atoms with E-state index in [0.29, 0.717) is 11.8 Å². The number of halogens is 1. The number of likely N-dealkylation sites (tertiary alicyclic amines) is 1. The van der Waals surface area contributed by atoms with E-state index >= 15 is 0 Å². The number of carbonyl (C=O) groups is 1. The molecule has 3 atom stereocenters. The molecule has 1 aliphatic heterocycles. The summed E-state index contributed by atoms with van der Waals surface area (Å²) in [6.45, 7) is 1.71. The van der Waals surface area contributed by atoms with Gasteiger partial charge in [-0.3, -0.25) is 4.79 Å². The Kier molecular flexibility index (Phi) is 6.00. The van der Waals surface area contributed by atoms with Gasteiger partial charge in [0.25, 0.3) is 5.91 Å². The van der Waals surface area contributed by atoms with Gasteiger partial charge < -0.3 is 10.6 Å². The van der Waals surface area contributed by atoms with Crippen LogP contribution in [0.4, 0.5) is 0 Å². The second-order valence-corrected chi connectivity index (χ2v) is 7.52. The van der Waals surface area contributed by atoms with E-state index in [-0.39, 0.29) is 24.4 Å². The number of hydrogen-bond acceptors (Lipinski definition) is 2. The third-order valence-corrected chi connectivity index (χ3v) is 5.97. The molecule has 2 aromatic rings. The number of benzene rings is 2. The van der Waals surface area contributed by atoms with Crippen LogP contribution < -0.4 is 5.73 Å². The van der Waals surface area contributed by atoms with Crippen molar-refractivity contribution < 1.29 is 4.79 Å². The lowest BCUT2D eigenvalue weighted by Crippen LogP contribution is -2.34. The van der Waals surface area contributed by atoms with E-state index in [2.05, 4.69) is 30.3 Å². The summed E-state index contributed by atoms with van der Waals surface area (Å²) in [4.78, 5) is 15.1. The Labute approximate surface area is 162 Å². The van der Waals surface area contributed by atoms with Crippen molar-refractivity contribution >= 4 is 18.3 Å². The molecule has 2 aliphatic rings. The Morgan fingerprint density at radius 1 is 0.962 bits per heavy atom. The van der Waals surface area contributed by atoms with E-state index in [1.54, 1.807) is 0 Å². The van der Waals surface area contributed by atoms with Gasteiger partial charge >= 0.3 is 0 Å². The van der Waals surface area contributed by atoms with Gasteiger partial charge in [0.05, 0.1) is 0 Å². The average molecular weight is 371 g/mol. The molecule has 1 aliphatic carbocycles. The van der Waals surface area contributed by atoms with Gasteiger partial charge in [-0.1, -0.05) is 48.5 Å². The molecule has 1 amide bonds. The molecule has 4 rings (SSSR count). The summed E-state index contributed by atoms with van der Waals surface area (Å²) in [5.41, 5.74) is 9.55. The first-order chi connectivity index (χ1) is 12.2. The number of hydrogen-bond donors (Lipinski definition) is 1. The number of carbonyl (C=O) groups excluding carboxylic acids is 1. The zero-order valence-electron chi connectivity index (χ0n) is 15.0. The lowest BCUT2D eigenvalue weighted by Gasteiger charge is -2.20. The maximum Gasteiger partial charge on any atom is 0.254 e. The highest BCUT2D eigenvalue weighted by Gasteiger charge is 2.42. The Morgan fingerprint density at radius 3 is 2.46 bits per heavy atom. The lowest BCUT2D eigenvalue weighted by molar-refractivity contribution is 0.0778. The minimum atomic E-state index is 0. The zero-order chi connectivity index (χ0) is 17.2. The average Bonchev–Trinajstić information content (AvgIpc) is 3.23. The van der Waals surface area contributed by atoms with Crippen LogP contribution in [-0.2, 0) is 12.8 Å². The summed E-state index contributed by atoms with van der Waals surface area (Å²) >= 11 is 0. The van der Waals surface area contributed by atoms with Gasteiger partial charge in [0.1, 0.15) is 0 Å². The van der Waals surface area contributed by atoms with E-state index in [0.717, 1.165) is 43.5 Å². The van der Waals surface area contributed by atoms with Gasteiger partial charge in [-0.05, 0) is 54.7 Å². The van der Waals surface area contributed by atoms with Crippen molar-refractivity contribution in [2.24, 2.45) is 17.6 Å². The third-order valence-electron chi connectivity index (χ3n) is 5.97. The predicted molar refractivity (Wildman–Crippen MR) is 108 cm³/mol. The molecular weight excluding hydrogens is 344 g/mol. The molecule has 2 N–H and O–H groups in total. The van der Waals surface area contributed by atoms with Crippen molar-refractivity contribution in [2.75, 3.05) is 13.1 Å². The molecule has 138 valence electrons. The molecule has 0 aromatic heterocycles. The fourth-order valence-electron chi connectivity index (χ4n) is 4.51. The number of amides is 1. The standard InChI is InChI=1S/C22H26N2O.ClH/c23-21-13-12-18-14-24(15-20(18)21)22(25)19-9-5-4-8-17(19)11-10-16-6-2-1-3-7-16;/h1-9,18,20-21H,10-15,23H2;1H. The number of nitrogens with two attached hydrogens (primary N) is 1. The fourth-order valence-corrected chi connectivity index (χ4v) is 4.51. The van der Waals surface area contributed by atoms with Crippen LogP contribution in [0.3, 0.4) is 0 Å². The van der Waals surface area contributed by atoms with Gasteiger partial charge in [-0.2, -0.15) is 0 Å². The Morgan fingerprint density at radius 2 is 1.69 bits per heavy atom. The monoisotopic (exact) mass is 370 g/mol. The van der Waals surface area contributed by atoms with Crippen LogP contribution in [0.25, 0.3) is 0 Å². The molecule has 0 spiro atoms. The molecule has 26 heavy (non-hydrogen) atoms. The molecule has 2 aromatic carbocycles. The molecule has 0 radical (unpaired) electrons. The first-order valence-corrected chi connectivity index (χ1v) is 9.39. The minimum absolute atomic E-state index is 0. The summed E-state index contributed by atoms with van der Waals surface area (Å²) in [7, 11) is 0. The summed E-state index contributed by atoms with van der Waals surface area (Å²) in [5.74, 6) is 1.29. The molecule has 3 nitrogen and oxygen atoms in total. The van der Waals surface area contributed by atoms with Crippen molar-refractivity contribution in [3.8, 4) is 0 Å². The SMILES string of the molecule is Cl.NC1CCC2CN(C(=O)c3ccccc3CCc3ccccc3)CC12. The number of nitrogens with zero attached hydrogens (tertiary/aromatic N) is 1. The van der Waals surface area contributed by atoms with Crippen LogP contribution in [0.2, 0.25) is 0 Å². The molecular formula is C22H27ClN2O.